The Bertz CT molecular complexity index is 1010. The number of allylic oxidation sites excluding steroid dienone is 5. The molecule has 2 aliphatic rings. The van der Waals surface area contributed by atoms with Crippen molar-refractivity contribution in [1.82, 2.24) is 0 Å². The van der Waals surface area contributed by atoms with Crippen molar-refractivity contribution in [1.29, 1.82) is 0 Å². The number of ether oxygens (including phenoxy) is 1. The van der Waals surface area contributed by atoms with Crippen LogP contribution < -0.4 is 0 Å². The molecule has 0 bridgehead atoms. The van der Waals surface area contributed by atoms with Gasteiger partial charge in [0.05, 0.1) is 5.56 Å². The summed E-state index contributed by atoms with van der Waals surface area (Å²) in [4.78, 5) is 12.5. The second-order valence-electron chi connectivity index (χ2n) is 11.6. The Morgan fingerprint density at radius 2 is 1.89 bits per heavy atom. The lowest BCUT2D eigenvalue weighted by Crippen LogP contribution is -2.35. The van der Waals surface area contributed by atoms with E-state index in [9.17, 15) is 4.79 Å². The van der Waals surface area contributed by atoms with Crippen LogP contribution in [0.4, 0.5) is 0 Å². The van der Waals surface area contributed by atoms with Crippen molar-refractivity contribution in [3.05, 3.63) is 90.1 Å². The summed E-state index contributed by atoms with van der Waals surface area (Å²) in [5.41, 5.74) is 5.65. The molecule has 0 spiro atoms. The fourth-order valence-corrected chi connectivity index (χ4v) is 5.94. The Kier molecular flexibility index (Phi) is 9.77. The Balaban J connectivity index is 1.47. The van der Waals surface area contributed by atoms with E-state index in [1.165, 1.54) is 36.0 Å². The number of rotatable bonds is 10. The average molecular weight is 487 g/mol. The molecule has 1 saturated carbocycles. The molecule has 0 aromatic heterocycles. The Morgan fingerprint density at radius 1 is 1.17 bits per heavy atom. The Morgan fingerprint density at radius 3 is 2.47 bits per heavy atom. The predicted octanol–water partition coefficient (Wildman–Crippen LogP) is 9.37. The van der Waals surface area contributed by atoms with Gasteiger partial charge in [-0.25, -0.2) is 4.79 Å². The first-order chi connectivity index (χ1) is 17.1. The minimum absolute atomic E-state index is 0.182. The number of hydrogen-bond acceptors (Lipinski definition) is 2. The molecular formula is C34H46O2. The van der Waals surface area contributed by atoms with Crippen LogP contribution >= 0.6 is 0 Å². The van der Waals surface area contributed by atoms with Gasteiger partial charge in [-0.15, -0.1) is 6.58 Å². The van der Waals surface area contributed by atoms with Crippen molar-refractivity contribution in [2.45, 2.75) is 72.6 Å². The van der Waals surface area contributed by atoms with Gasteiger partial charge in [-0.3, -0.25) is 0 Å². The zero-order valence-corrected chi connectivity index (χ0v) is 23.0. The highest BCUT2D eigenvalue weighted by molar-refractivity contribution is 5.89. The van der Waals surface area contributed by atoms with E-state index in [0.717, 1.165) is 31.2 Å². The number of benzene rings is 1. The van der Waals surface area contributed by atoms with Gasteiger partial charge in [0, 0.05) is 0 Å². The molecule has 2 heteroatoms. The molecule has 36 heavy (non-hydrogen) atoms. The van der Waals surface area contributed by atoms with Crippen molar-refractivity contribution < 1.29 is 9.53 Å². The van der Waals surface area contributed by atoms with Crippen LogP contribution in [-0.2, 0) is 4.74 Å². The van der Waals surface area contributed by atoms with E-state index >= 15 is 0 Å². The van der Waals surface area contributed by atoms with Gasteiger partial charge in [0.25, 0.3) is 0 Å². The van der Waals surface area contributed by atoms with Gasteiger partial charge in [-0.1, -0.05) is 74.6 Å². The zero-order chi connectivity index (χ0) is 26.3. The van der Waals surface area contributed by atoms with Crippen molar-refractivity contribution in [3.8, 4) is 0 Å². The summed E-state index contributed by atoms with van der Waals surface area (Å²) < 4.78 is 5.57. The van der Waals surface area contributed by atoms with Gasteiger partial charge in [0.2, 0.25) is 0 Å². The summed E-state index contributed by atoms with van der Waals surface area (Å²) in [7, 11) is 0. The maximum absolute atomic E-state index is 12.5. The number of carbonyl (C=O) groups is 1. The first-order valence-electron chi connectivity index (χ1n) is 13.7. The van der Waals surface area contributed by atoms with Gasteiger partial charge >= 0.3 is 5.97 Å². The van der Waals surface area contributed by atoms with Gasteiger partial charge in [0.1, 0.15) is 6.61 Å². The van der Waals surface area contributed by atoms with E-state index in [2.05, 4.69) is 71.7 Å². The van der Waals surface area contributed by atoms with Crippen molar-refractivity contribution in [2.75, 3.05) is 6.61 Å². The zero-order valence-electron chi connectivity index (χ0n) is 23.0. The number of hydrogen-bond donors (Lipinski definition) is 0. The third-order valence-electron chi connectivity index (χ3n) is 8.81. The first-order valence-corrected chi connectivity index (χ1v) is 13.7. The van der Waals surface area contributed by atoms with E-state index in [1.54, 1.807) is 0 Å². The molecule has 0 N–H and O–H groups in total. The van der Waals surface area contributed by atoms with Crippen LogP contribution in [0.15, 0.2) is 78.9 Å². The molecule has 0 saturated heterocycles. The molecule has 1 aromatic rings. The van der Waals surface area contributed by atoms with Crippen LogP contribution in [0.1, 0.15) is 88.6 Å². The minimum atomic E-state index is -0.252. The first kappa shape index (κ1) is 28.0. The summed E-state index contributed by atoms with van der Waals surface area (Å²) >= 11 is 0. The molecule has 0 heterocycles. The topological polar surface area (TPSA) is 26.3 Å². The molecule has 0 radical (unpaired) electrons. The SMILES string of the molecule is C=C[C@]1(C)CC[C@@H](C(C)C/C=C/c2ccc(C(=O)OCC3=CC[C@H](C(=C)C)CC3)cc2)C[C@H]1C(=C)C. The van der Waals surface area contributed by atoms with E-state index in [4.69, 9.17) is 4.74 Å². The molecule has 5 atom stereocenters. The van der Waals surface area contributed by atoms with Crippen LogP contribution in [0, 0.1) is 29.1 Å². The molecule has 194 valence electrons. The monoisotopic (exact) mass is 486 g/mol. The smallest absolute Gasteiger partial charge is 0.338 e. The van der Waals surface area contributed by atoms with Gasteiger partial charge < -0.3 is 4.74 Å². The van der Waals surface area contributed by atoms with Crippen molar-refractivity contribution in [3.63, 3.8) is 0 Å². The van der Waals surface area contributed by atoms with E-state index < -0.39 is 0 Å². The van der Waals surface area contributed by atoms with E-state index in [1.807, 2.05) is 24.3 Å². The van der Waals surface area contributed by atoms with Crippen LogP contribution in [0.25, 0.3) is 6.08 Å². The fourth-order valence-electron chi connectivity index (χ4n) is 5.94. The minimum Gasteiger partial charge on any atom is -0.458 e. The molecule has 1 fully saturated rings. The molecule has 1 unspecified atom stereocenters. The Labute approximate surface area is 219 Å². The summed E-state index contributed by atoms with van der Waals surface area (Å²) in [6.45, 7) is 21.8. The van der Waals surface area contributed by atoms with E-state index in [-0.39, 0.29) is 11.4 Å². The van der Waals surface area contributed by atoms with Gasteiger partial charge in [-0.2, -0.15) is 0 Å². The van der Waals surface area contributed by atoms with E-state index in [0.29, 0.717) is 35.8 Å². The maximum atomic E-state index is 12.5. The number of carbonyl (C=O) groups excluding carboxylic acids is 1. The van der Waals surface area contributed by atoms with Crippen LogP contribution in [0.2, 0.25) is 0 Å². The van der Waals surface area contributed by atoms with Crippen LogP contribution in [0.3, 0.4) is 0 Å². The summed E-state index contributed by atoms with van der Waals surface area (Å²) in [5.74, 6) is 2.18. The fraction of sp³-hybridized carbons (Fsp3) is 0.500. The Hall–Kier alpha value is -2.61. The van der Waals surface area contributed by atoms with Gasteiger partial charge in [-0.05, 0) is 111 Å². The van der Waals surface area contributed by atoms with Gasteiger partial charge in [0.15, 0.2) is 0 Å². The highest BCUT2D eigenvalue weighted by Crippen LogP contribution is 2.49. The molecule has 2 nitrogen and oxygen atoms in total. The average Bonchev–Trinajstić information content (AvgIpc) is 2.87. The summed E-state index contributed by atoms with van der Waals surface area (Å²) in [6, 6.07) is 7.74. The highest BCUT2D eigenvalue weighted by Gasteiger charge is 2.39. The molecular weight excluding hydrogens is 440 g/mol. The molecule has 0 amide bonds. The largest absolute Gasteiger partial charge is 0.458 e. The lowest BCUT2D eigenvalue weighted by Gasteiger charge is -2.45. The third-order valence-corrected chi connectivity index (χ3v) is 8.81. The lowest BCUT2D eigenvalue weighted by atomic mass is 9.60. The maximum Gasteiger partial charge on any atom is 0.338 e. The summed E-state index contributed by atoms with van der Waals surface area (Å²) in [5, 5.41) is 0. The second kappa shape index (κ2) is 12.6. The molecule has 1 aromatic carbocycles. The molecule has 0 aliphatic heterocycles. The second-order valence-corrected chi connectivity index (χ2v) is 11.6. The molecule has 2 aliphatic carbocycles. The quantitative estimate of drug-likeness (QED) is 0.243. The van der Waals surface area contributed by atoms with Crippen LogP contribution in [0.5, 0.6) is 0 Å². The highest BCUT2D eigenvalue weighted by atomic mass is 16.5. The van der Waals surface area contributed by atoms with Crippen LogP contribution in [-0.4, -0.2) is 12.6 Å². The normalized spacial score (nSPS) is 27.2. The van der Waals surface area contributed by atoms with Crippen molar-refractivity contribution >= 4 is 12.0 Å². The lowest BCUT2D eigenvalue weighted by molar-refractivity contribution is 0.0535. The standard InChI is InChI=1S/C34H46O2/c1-8-34(7)21-20-31(22-32(34)25(4)5)26(6)10-9-11-27-12-18-30(19-13-27)33(35)36-23-28-14-16-29(17-15-28)24(2)3/h8-9,11-14,18-19,26,29,31-32H,1-2,4,10,15-17,20-23H2,3,5-7H3/b11-9+/t26?,29-,31+,32-,34+/m0/s1. The predicted molar refractivity (Wildman–Crippen MR) is 154 cm³/mol. The third kappa shape index (κ3) is 7.21. The van der Waals surface area contributed by atoms with Crippen molar-refractivity contribution in [2.24, 2.45) is 29.1 Å². The molecule has 3 rings (SSSR count). The summed E-state index contributed by atoms with van der Waals surface area (Å²) in [6.07, 6.45) is 16.6. The number of esters is 1.